The molecule has 2 amide bonds. The van der Waals surface area contributed by atoms with E-state index in [0.717, 1.165) is 16.7 Å². The van der Waals surface area contributed by atoms with Crippen molar-refractivity contribution in [3.05, 3.63) is 94.0 Å². The molecule has 7 heteroatoms. The van der Waals surface area contributed by atoms with E-state index in [1.165, 1.54) is 0 Å². The lowest BCUT2D eigenvalue weighted by atomic mass is 10.1. The average molecular weight is 439 g/mol. The van der Waals surface area contributed by atoms with Gasteiger partial charge in [-0.15, -0.1) is 0 Å². The Morgan fingerprint density at radius 3 is 2.23 bits per heavy atom. The predicted octanol–water partition coefficient (Wildman–Crippen LogP) is 4.38. The third-order valence-corrected chi connectivity index (χ3v) is 5.06. The molecule has 31 heavy (non-hydrogen) atoms. The molecule has 0 aliphatic carbocycles. The van der Waals surface area contributed by atoms with E-state index in [4.69, 9.17) is 21.1 Å². The van der Waals surface area contributed by atoms with Crippen LogP contribution in [0.1, 0.15) is 27.0 Å². The van der Waals surface area contributed by atoms with Crippen LogP contribution in [0.3, 0.4) is 0 Å². The number of halogens is 1. The maximum atomic E-state index is 12.5. The maximum Gasteiger partial charge on any atom is 0.276 e. The van der Waals surface area contributed by atoms with E-state index in [0.29, 0.717) is 28.7 Å². The molecule has 0 radical (unpaired) electrons. The van der Waals surface area contributed by atoms with Crippen molar-refractivity contribution >= 4 is 23.4 Å². The van der Waals surface area contributed by atoms with E-state index in [2.05, 4.69) is 10.9 Å². The van der Waals surface area contributed by atoms with Crippen molar-refractivity contribution in [1.29, 1.82) is 0 Å². The second-order valence-electron chi connectivity index (χ2n) is 6.93. The third kappa shape index (κ3) is 6.23. The zero-order valence-electron chi connectivity index (χ0n) is 17.3. The number of benzene rings is 3. The van der Waals surface area contributed by atoms with Gasteiger partial charge in [0.15, 0.2) is 6.61 Å². The molecule has 3 rings (SSSR count). The Balaban J connectivity index is 1.53. The Morgan fingerprint density at radius 2 is 1.52 bits per heavy atom. The topological polar surface area (TPSA) is 76.7 Å². The summed E-state index contributed by atoms with van der Waals surface area (Å²) in [4.78, 5) is 24.6. The van der Waals surface area contributed by atoms with Crippen LogP contribution in [-0.2, 0) is 11.4 Å². The number of carbonyl (C=O) groups is 2. The van der Waals surface area contributed by atoms with Crippen LogP contribution in [0.4, 0.5) is 0 Å². The van der Waals surface area contributed by atoms with Gasteiger partial charge >= 0.3 is 0 Å². The van der Waals surface area contributed by atoms with Gasteiger partial charge < -0.3 is 9.47 Å². The standard InChI is InChI=1S/C24H23ClN2O4/c1-16-12-19(13-17(2)23(16)25)30-15-22(28)26-27-24(29)20-10-6-7-11-21(20)31-14-18-8-4-3-5-9-18/h3-13H,14-15H2,1-2H3,(H,26,28)(H,27,29). The monoisotopic (exact) mass is 438 g/mol. The maximum absolute atomic E-state index is 12.5. The molecule has 0 unspecified atom stereocenters. The van der Waals surface area contributed by atoms with Gasteiger partial charge in [-0.2, -0.15) is 0 Å². The molecular weight excluding hydrogens is 416 g/mol. The highest BCUT2D eigenvalue weighted by molar-refractivity contribution is 6.32. The summed E-state index contributed by atoms with van der Waals surface area (Å²) < 4.78 is 11.3. The van der Waals surface area contributed by atoms with Gasteiger partial charge in [0.1, 0.15) is 18.1 Å². The van der Waals surface area contributed by atoms with Crippen LogP contribution in [0.5, 0.6) is 11.5 Å². The van der Waals surface area contributed by atoms with Crippen molar-refractivity contribution in [2.45, 2.75) is 20.5 Å². The number of aryl methyl sites for hydroxylation is 2. The SMILES string of the molecule is Cc1cc(OCC(=O)NNC(=O)c2ccccc2OCc2ccccc2)cc(C)c1Cl. The molecule has 0 heterocycles. The number of carbonyl (C=O) groups excluding carboxylic acids is 2. The Morgan fingerprint density at radius 1 is 0.871 bits per heavy atom. The van der Waals surface area contributed by atoms with Gasteiger partial charge in [-0.25, -0.2) is 0 Å². The summed E-state index contributed by atoms with van der Waals surface area (Å²) in [5, 5.41) is 0.664. The molecule has 3 aromatic carbocycles. The Bertz CT molecular complexity index is 1050. The fraction of sp³-hybridized carbons (Fsp3) is 0.167. The van der Waals surface area contributed by atoms with Crippen LogP contribution in [0.15, 0.2) is 66.7 Å². The minimum absolute atomic E-state index is 0.257. The van der Waals surface area contributed by atoms with E-state index in [-0.39, 0.29) is 6.61 Å². The largest absolute Gasteiger partial charge is 0.488 e. The average Bonchev–Trinajstić information content (AvgIpc) is 2.79. The molecule has 0 saturated heterocycles. The van der Waals surface area contributed by atoms with E-state index >= 15 is 0 Å². The summed E-state index contributed by atoms with van der Waals surface area (Å²) in [5.41, 5.74) is 7.74. The summed E-state index contributed by atoms with van der Waals surface area (Å²) >= 11 is 6.13. The first kappa shape index (κ1) is 22.2. The van der Waals surface area contributed by atoms with Crippen LogP contribution in [-0.4, -0.2) is 18.4 Å². The summed E-state index contributed by atoms with van der Waals surface area (Å²) in [6.07, 6.45) is 0. The molecule has 0 bridgehead atoms. The van der Waals surface area contributed by atoms with Crippen molar-refractivity contribution in [3.63, 3.8) is 0 Å². The zero-order valence-corrected chi connectivity index (χ0v) is 18.0. The number of ether oxygens (including phenoxy) is 2. The van der Waals surface area contributed by atoms with E-state index in [1.807, 2.05) is 44.2 Å². The molecule has 0 aromatic heterocycles. The smallest absolute Gasteiger partial charge is 0.276 e. The molecule has 0 aliphatic rings. The van der Waals surface area contributed by atoms with Gasteiger partial charge in [0.25, 0.3) is 11.8 Å². The van der Waals surface area contributed by atoms with Crippen molar-refractivity contribution in [2.75, 3.05) is 6.61 Å². The highest BCUT2D eigenvalue weighted by Gasteiger charge is 2.14. The number of rotatable bonds is 7. The highest BCUT2D eigenvalue weighted by atomic mass is 35.5. The Labute approximate surface area is 186 Å². The quantitative estimate of drug-likeness (QED) is 0.537. The highest BCUT2D eigenvalue weighted by Crippen LogP contribution is 2.25. The number of amides is 2. The van der Waals surface area contributed by atoms with Gasteiger partial charge in [-0.05, 0) is 54.8 Å². The Hall–Kier alpha value is -3.51. The number of hydrogen-bond acceptors (Lipinski definition) is 4. The summed E-state index contributed by atoms with van der Waals surface area (Å²) in [7, 11) is 0. The zero-order chi connectivity index (χ0) is 22.2. The van der Waals surface area contributed by atoms with Crippen LogP contribution < -0.4 is 20.3 Å². The number of nitrogens with one attached hydrogen (secondary N) is 2. The minimum Gasteiger partial charge on any atom is -0.488 e. The fourth-order valence-corrected chi connectivity index (χ4v) is 2.99. The van der Waals surface area contributed by atoms with Gasteiger partial charge in [0, 0.05) is 5.02 Å². The van der Waals surface area contributed by atoms with E-state index in [1.54, 1.807) is 36.4 Å². The van der Waals surface area contributed by atoms with Crippen molar-refractivity contribution in [1.82, 2.24) is 10.9 Å². The van der Waals surface area contributed by atoms with Gasteiger partial charge in [-0.1, -0.05) is 54.1 Å². The first-order valence-corrected chi connectivity index (χ1v) is 10.1. The molecule has 0 fully saturated rings. The third-order valence-electron chi connectivity index (χ3n) is 4.46. The summed E-state index contributed by atoms with van der Waals surface area (Å²) in [6, 6.07) is 20.0. The number of hydrazine groups is 1. The molecule has 0 saturated carbocycles. The van der Waals surface area contributed by atoms with Crippen molar-refractivity contribution in [3.8, 4) is 11.5 Å². The molecule has 2 N–H and O–H groups in total. The van der Waals surface area contributed by atoms with Gasteiger partial charge in [0.05, 0.1) is 5.56 Å². The molecule has 0 atom stereocenters. The van der Waals surface area contributed by atoms with Crippen LogP contribution in [0, 0.1) is 13.8 Å². The van der Waals surface area contributed by atoms with Crippen LogP contribution in [0.25, 0.3) is 0 Å². The minimum atomic E-state index is -0.499. The first-order valence-electron chi connectivity index (χ1n) is 9.68. The summed E-state index contributed by atoms with van der Waals surface area (Å²) in [5.74, 6) is -0.0431. The van der Waals surface area contributed by atoms with Gasteiger partial charge in [0.2, 0.25) is 0 Å². The van der Waals surface area contributed by atoms with E-state index < -0.39 is 11.8 Å². The number of hydrogen-bond donors (Lipinski definition) is 2. The second-order valence-corrected chi connectivity index (χ2v) is 7.31. The number of para-hydroxylation sites is 1. The molecule has 3 aromatic rings. The fourth-order valence-electron chi connectivity index (χ4n) is 2.88. The Kier molecular flexibility index (Phi) is 7.51. The lowest BCUT2D eigenvalue weighted by molar-refractivity contribution is -0.123. The predicted molar refractivity (Wildman–Crippen MR) is 119 cm³/mol. The molecule has 6 nitrogen and oxygen atoms in total. The van der Waals surface area contributed by atoms with E-state index in [9.17, 15) is 9.59 Å². The lowest BCUT2D eigenvalue weighted by Gasteiger charge is -2.13. The molecule has 160 valence electrons. The van der Waals surface area contributed by atoms with Crippen LogP contribution in [0.2, 0.25) is 5.02 Å². The molecule has 0 spiro atoms. The van der Waals surface area contributed by atoms with Crippen molar-refractivity contribution in [2.24, 2.45) is 0 Å². The van der Waals surface area contributed by atoms with Gasteiger partial charge in [-0.3, -0.25) is 20.4 Å². The normalized spacial score (nSPS) is 10.3. The summed E-state index contributed by atoms with van der Waals surface area (Å²) in [6.45, 7) is 3.79. The molecule has 0 aliphatic heterocycles. The molecular formula is C24H23ClN2O4. The van der Waals surface area contributed by atoms with Crippen LogP contribution >= 0.6 is 11.6 Å². The first-order chi connectivity index (χ1) is 14.9. The van der Waals surface area contributed by atoms with Crippen molar-refractivity contribution < 1.29 is 19.1 Å². The lowest BCUT2D eigenvalue weighted by Crippen LogP contribution is -2.43. The second kappa shape index (κ2) is 10.5.